The van der Waals surface area contributed by atoms with Crippen molar-refractivity contribution in [2.75, 3.05) is 27.9 Å². The SMILES string of the molecule is COc1cc(C(=O)CNC(=O)c2ccc(OC)c(OC)c2)nc(-c2csc3c(F)cccc23)c1. The van der Waals surface area contributed by atoms with Gasteiger partial charge in [-0.15, -0.1) is 11.3 Å². The molecule has 4 aromatic rings. The fraction of sp³-hybridized carbons (Fsp3) is 0.160. The first-order valence-electron chi connectivity index (χ1n) is 10.2. The molecule has 0 saturated carbocycles. The zero-order valence-electron chi connectivity index (χ0n) is 18.7. The smallest absolute Gasteiger partial charge is 0.251 e. The van der Waals surface area contributed by atoms with Gasteiger partial charge >= 0.3 is 0 Å². The summed E-state index contributed by atoms with van der Waals surface area (Å²) in [6.07, 6.45) is 0. The Hall–Kier alpha value is -3.98. The standard InChI is InChI=1S/C25H21FN2O5S/c1-31-15-10-19(17-13-34-24-16(17)5-4-6-18(24)26)28-20(11-15)21(29)12-27-25(30)14-7-8-22(32-2)23(9-14)33-3/h4-11,13H,12H2,1-3H3,(H,27,30). The number of nitrogens with zero attached hydrogens (tertiary/aromatic N) is 1. The topological polar surface area (TPSA) is 86.8 Å². The number of carbonyl (C=O) groups excluding carboxylic acids is 2. The highest BCUT2D eigenvalue weighted by molar-refractivity contribution is 7.17. The van der Waals surface area contributed by atoms with Gasteiger partial charge in [-0.05, 0) is 24.3 Å². The number of thiophene rings is 1. The van der Waals surface area contributed by atoms with Crippen LogP contribution in [0.25, 0.3) is 21.3 Å². The van der Waals surface area contributed by atoms with E-state index in [1.54, 1.807) is 35.7 Å². The normalized spacial score (nSPS) is 10.7. The van der Waals surface area contributed by atoms with Crippen molar-refractivity contribution in [3.63, 3.8) is 0 Å². The third kappa shape index (κ3) is 4.55. The van der Waals surface area contributed by atoms with Crippen LogP contribution in [0.15, 0.2) is 53.9 Å². The van der Waals surface area contributed by atoms with E-state index in [0.717, 1.165) is 0 Å². The largest absolute Gasteiger partial charge is 0.497 e. The van der Waals surface area contributed by atoms with E-state index in [0.29, 0.717) is 44.2 Å². The van der Waals surface area contributed by atoms with Gasteiger partial charge in [0.15, 0.2) is 17.3 Å². The Morgan fingerprint density at radius 2 is 1.79 bits per heavy atom. The van der Waals surface area contributed by atoms with Gasteiger partial charge in [0.1, 0.15) is 17.3 Å². The molecule has 2 heterocycles. The summed E-state index contributed by atoms with van der Waals surface area (Å²) in [6, 6.07) is 12.7. The molecule has 1 amide bonds. The molecule has 0 unspecified atom stereocenters. The summed E-state index contributed by atoms with van der Waals surface area (Å²) in [5.74, 6) is 0.154. The summed E-state index contributed by atoms with van der Waals surface area (Å²) >= 11 is 1.26. The van der Waals surface area contributed by atoms with Crippen LogP contribution in [0.4, 0.5) is 4.39 Å². The quantitative estimate of drug-likeness (QED) is 0.367. The number of halogens is 1. The van der Waals surface area contributed by atoms with Crippen molar-refractivity contribution in [3.8, 4) is 28.5 Å². The molecule has 7 nitrogen and oxygen atoms in total. The number of amides is 1. The molecule has 174 valence electrons. The molecule has 0 bridgehead atoms. The molecule has 0 aliphatic heterocycles. The van der Waals surface area contributed by atoms with Crippen LogP contribution >= 0.6 is 11.3 Å². The summed E-state index contributed by atoms with van der Waals surface area (Å²) in [5.41, 5.74) is 1.61. The maximum absolute atomic E-state index is 14.1. The van der Waals surface area contributed by atoms with Crippen molar-refractivity contribution in [1.29, 1.82) is 0 Å². The Morgan fingerprint density at radius 3 is 2.53 bits per heavy atom. The number of benzene rings is 2. The summed E-state index contributed by atoms with van der Waals surface area (Å²) in [5, 5.41) is 5.10. The van der Waals surface area contributed by atoms with Gasteiger partial charge in [0.2, 0.25) is 0 Å². The van der Waals surface area contributed by atoms with Crippen molar-refractivity contribution in [3.05, 3.63) is 71.0 Å². The molecule has 2 aromatic heterocycles. The number of Topliss-reactive ketones (excluding diaryl/α,β-unsaturated/α-hetero) is 1. The molecule has 1 N–H and O–H groups in total. The molecule has 0 aliphatic carbocycles. The van der Waals surface area contributed by atoms with Crippen LogP contribution in [0, 0.1) is 5.82 Å². The Balaban J connectivity index is 1.57. The van der Waals surface area contributed by atoms with Gasteiger partial charge in [-0.25, -0.2) is 9.37 Å². The van der Waals surface area contributed by atoms with Crippen LogP contribution in [-0.4, -0.2) is 44.5 Å². The van der Waals surface area contributed by atoms with Gasteiger partial charge in [-0.3, -0.25) is 9.59 Å². The van der Waals surface area contributed by atoms with Crippen molar-refractivity contribution in [1.82, 2.24) is 10.3 Å². The van der Waals surface area contributed by atoms with Crippen molar-refractivity contribution < 1.29 is 28.2 Å². The Labute approximate surface area is 199 Å². The summed E-state index contributed by atoms with van der Waals surface area (Å²) in [4.78, 5) is 29.9. The van der Waals surface area contributed by atoms with Crippen LogP contribution in [0.2, 0.25) is 0 Å². The number of rotatable bonds is 8. The lowest BCUT2D eigenvalue weighted by Gasteiger charge is -2.10. The molecule has 34 heavy (non-hydrogen) atoms. The lowest BCUT2D eigenvalue weighted by Crippen LogP contribution is -2.30. The third-order valence-electron chi connectivity index (χ3n) is 5.20. The molecule has 0 aliphatic rings. The summed E-state index contributed by atoms with van der Waals surface area (Å²) in [7, 11) is 4.46. The van der Waals surface area contributed by atoms with Gasteiger partial charge in [-0.1, -0.05) is 12.1 Å². The molecule has 2 aromatic carbocycles. The van der Waals surface area contributed by atoms with Gasteiger partial charge in [0.05, 0.1) is 38.3 Å². The third-order valence-corrected chi connectivity index (χ3v) is 6.21. The lowest BCUT2D eigenvalue weighted by molar-refractivity contribution is 0.0902. The van der Waals surface area contributed by atoms with Crippen LogP contribution in [-0.2, 0) is 0 Å². The molecule has 0 saturated heterocycles. The summed E-state index contributed by atoms with van der Waals surface area (Å²) < 4.78 is 30.4. The van der Waals surface area contributed by atoms with Crippen LogP contribution in [0.1, 0.15) is 20.8 Å². The van der Waals surface area contributed by atoms with Crippen molar-refractivity contribution >= 4 is 33.1 Å². The molecule has 9 heteroatoms. The first kappa shape index (κ1) is 23.2. The Bertz CT molecular complexity index is 1390. The predicted molar refractivity (Wildman–Crippen MR) is 128 cm³/mol. The van der Waals surface area contributed by atoms with E-state index < -0.39 is 11.7 Å². The number of fused-ring (bicyclic) bond motifs is 1. The van der Waals surface area contributed by atoms with Crippen LogP contribution in [0.3, 0.4) is 0 Å². The van der Waals surface area contributed by atoms with E-state index in [1.807, 2.05) is 0 Å². The number of ether oxygens (including phenoxy) is 3. The predicted octanol–water partition coefficient (Wildman–Crippen LogP) is 4.74. The number of hydrogen-bond donors (Lipinski definition) is 1. The first-order chi connectivity index (χ1) is 16.4. The van der Waals surface area contributed by atoms with Gasteiger partial charge in [0, 0.05) is 34.0 Å². The maximum atomic E-state index is 14.1. The Morgan fingerprint density at radius 1 is 1.00 bits per heavy atom. The molecule has 0 atom stereocenters. The van der Waals surface area contributed by atoms with E-state index in [-0.39, 0.29) is 18.1 Å². The molecule has 4 rings (SSSR count). The molecule has 0 spiro atoms. The average Bonchev–Trinajstić information content (AvgIpc) is 3.31. The maximum Gasteiger partial charge on any atom is 0.251 e. The minimum Gasteiger partial charge on any atom is -0.497 e. The minimum atomic E-state index is -0.447. The van der Waals surface area contributed by atoms with E-state index in [4.69, 9.17) is 14.2 Å². The highest BCUT2D eigenvalue weighted by Crippen LogP contribution is 2.36. The number of carbonyl (C=O) groups is 2. The van der Waals surface area contributed by atoms with E-state index in [9.17, 15) is 14.0 Å². The molecule has 0 fully saturated rings. The van der Waals surface area contributed by atoms with Crippen molar-refractivity contribution in [2.24, 2.45) is 0 Å². The Kier molecular flexibility index (Phi) is 6.74. The van der Waals surface area contributed by atoms with E-state index in [2.05, 4.69) is 10.3 Å². The van der Waals surface area contributed by atoms with Crippen molar-refractivity contribution in [2.45, 2.75) is 0 Å². The first-order valence-corrected chi connectivity index (χ1v) is 11.1. The fourth-order valence-corrected chi connectivity index (χ4v) is 4.42. The average molecular weight is 481 g/mol. The molecule has 0 radical (unpaired) electrons. The monoisotopic (exact) mass is 480 g/mol. The highest BCUT2D eigenvalue weighted by atomic mass is 32.1. The van der Waals surface area contributed by atoms with Gasteiger partial charge in [0.25, 0.3) is 5.91 Å². The van der Waals surface area contributed by atoms with Crippen LogP contribution < -0.4 is 19.5 Å². The molecular formula is C25H21FN2O5S. The number of ketones is 1. The number of hydrogen-bond acceptors (Lipinski definition) is 7. The molecular weight excluding hydrogens is 459 g/mol. The second kappa shape index (κ2) is 9.88. The lowest BCUT2D eigenvalue weighted by atomic mass is 10.1. The second-order valence-electron chi connectivity index (χ2n) is 7.22. The van der Waals surface area contributed by atoms with Gasteiger partial charge in [-0.2, -0.15) is 0 Å². The number of aromatic nitrogens is 1. The highest BCUT2D eigenvalue weighted by Gasteiger charge is 2.17. The van der Waals surface area contributed by atoms with E-state index >= 15 is 0 Å². The van der Waals surface area contributed by atoms with Gasteiger partial charge < -0.3 is 19.5 Å². The fourth-order valence-electron chi connectivity index (χ4n) is 3.46. The zero-order chi connectivity index (χ0) is 24.2. The van der Waals surface area contributed by atoms with E-state index in [1.165, 1.54) is 50.9 Å². The number of methoxy groups -OCH3 is 3. The van der Waals surface area contributed by atoms with Crippen LogP contribution in [0.5, 0.6) is 17.2 Å². The minimum absolute atomic E-state index is 0.123. The number of pyridine rings is 1. The second-order valence-corrected chi connectivity index (χ2v) is 8.10. The summed E-state index contributed by atoms with van der Waals surface area (Å²) in [6.45, 7) is -0.272. The number of nitrogens with one attached hydrogen (secondary N) is 1. The zero-order valence-corrected chi connectivity index (χ0v) is 19.5.